The summed E-state index contributed by atoms with van der Waals surface area (Å²) in [5, 5.41) is 4.68. The van der Waals surface area contributed by atoms with Crippen molar-refractivity contribution < 1.29 is 19.1 Å². The molecule has 2 heterocycles. The topological polar surface area (TPSA) is 64.6 Å². The highest BCUT2D eigenvalue weighted by atomic mass is 32.1. The van der Waals surface area contributed by atoms with Gasteiger partial charge in [0.2, 0.25) is 0 Å². The van der Waals surface area contributed by atoms with Gasteiger partial charge in [-0.1, -0.05) is 6.07 Å². The molecule has 0 spiro atoms. The first-order valence-electron chi connectivity index (χ1n) is 7.55. The average Bonchev–Trinajstić information content (AvgIpc) is 3.27. The van der Waals surface area contributed by atoms with E-state index in [1.54, 1.807) is 18.2 Å². The van der Waals surface area contributed by atoms with Crippen molar-refractivity contribution in [3.05, 3.63) is 40.1 Å². The molecule has 0 radical (unpaired) electrons. The monoisotopic (exact) mass is 329 g/mol. The summed E-state index contributed by atoms with van der Waals surface area (Å²) in [6.45, 7) is 0.923. The fourth-order valence-corrected chi connectivity index (χ4v) is 3.17. The van der Waals surface area contributed by atoms with Crippen molar-refractivity contribution in [2.75, 3.05) is 18.5 Å². The molecule has 0 unspecified atom stereocenters. The van der Waals surface area contributed by atoms with Crippen LogP contribution in [0.1, 0.15) is 32.9 Å². The number of rotatable bonds is 4. The van der Waals surface area contributed by atoms with Crippen molar-refractivity contribution in [1.82, 2.24) is 0 Å². The predicted molar refractivity (Wildman–Crippen MR) is 86.8 cm³/mol. The summed E-state index contributed by atoms with van der Waals surface area (Å²) >= 11 is 1.36. The zero-order chi connectivity index (χ0) is 15.8. The van der Waals surface area contributed by atoms with E-state index in [2.05, 4.69) is 5.32 Å². The van der Waals surface area contributed by atoms with Crippen molar-refractivity contribution in [1.29, 1.82) is 0 Å². The lowest BCUT2D eigenvalue weighted by atomic mass is 10.0. The maximum Gasteiger partial charge on any atom is 0.265 e. The van der Waals surface area contributed by atoms with Crippen LogP contribution >= 0.6 is 11.3 Å². The first kappa shape index (κ1) is 14.3. The third-order valence-corrected chi connectivity index (χ3v) is 4.76. The summed E-state index contributed by atoms with van der Waals surface area (Å²) < 4.78 is 11.1. The molecular formula is C17H15NO4S. The van der Waals surface area contributed by atoms with Gasteiger partial charge in [-0.2, -0.15) is 0 Å². The number of fused-ring (bicyclic) bond motifs is 1. The quantitative estimate of drug-likeness (QED) is 0.874. The Morgan fingerprint density at radius 1 is 1.13 bits per heavy atom. The van der Waals surface area contributed by atoms with E-state index in [4.69, 9.17) is 9.47 Å². The Balaban J connectivity index is 1.70. The maximum atomic E-state index is 12.5. The Bertz CT molecular complexity index is 765. The highest BCUT2D eigenvalue weighted by molar-refractivity contribution is 7.12. The van der Waals surface area contributed by atoms with Gasteiger partial charge < -0.3 is 14.8 Å². The molecule has 4 rings (SSSR count). The molecule has 1 amide bonds. The van der Waals surface area contributed by atoms with Crippen molar-refractivity contribution in [2.24, 2.45) is 5.92 Å². The summed E-state index contributed by atoms with van der Waals surface area (Å²) in [6, 6.07) is 6.95. The van der Waals surface area contributed by atoms with Crippen molar-refractivity contribution in [3.63, 3.8) is 0 Å². The lowest BCUT2D eigenvalue weighted by Crippen LogP contribution is -2.19. The molecule has 1 aliphatic carbocycles. The standard InChI is InChI=1S/C17H15NO4S/c19-16(10-3-4-10)11-8-13-14(22-6-5-21-13)9-12(11)18-17(20)15-2-1-7-23-15/h1-2,7-10H,3-6H2,(H,18,20). The molecule has 118 valence electrons. The summed E-state index contributed by atoms with van der Waals surface area (Å²) in [4.78, 5) is 25.5. The van der Waals surface area contributed by atoms with Gasteiger partial charge in [-0.3, -0.25) is 9.59 Å². The number of benzene rings is 1. The Morgan fingerprint density at radius 2 is 1.87 bits per heavy atom. The molecular weight excluding hydrogens is 314 g/mol. The van der Waals surface area contributed by atoms with Crippen LogP contribution in [0, 0.1) is 5.92 Å². The second-order valence-electron chi connectivity index (χ2n) is 5.61. The van der Waals surface area contributed by atoms with E-state index < -0.39 is 0 Å². The highest BCUT2D eigenvalue weighted by Gasteiger charge is 2.33. The third kappa shape index (κ3) is 2.82. The molecule has 23 heavy (non-hydrogen) atoms. The summed E-state index contributed by atoms with van der Waals surface area (Å²) in [5.41, 5.74) is 0.992. The van der Waals surface area contributed by atoms with Gasteiger partial charge in [0.25, 0.3) is 5.91 Å². The fraction of sp³-hybridized carbons (Fsp3) is 0.294. The molecule has 1 saturated carbocycles. The van der Waals surface area contributed by atoms with Gasteiger partial charge in [0.15, 0.2) is 17.3 Å². The number of carbonyl (C=O) groups excluding carboxylic acids is 2. The molecule has 1 aromatic heterocycles. The van der Waals surface area contributed by atoms with E-state index in [1.165, 1.54) is 11.3 Å². The van der Waals surface area contributed by atoms with Crippen LogP contribution < -0.4 is 14.8 Å². The first-order valence-corrected chi connectivity index (χ1v) is 8.43. The second kappa shape index (κ2) is 5.70. The fourth-order valence-electron chi connectivity index (χ4n) is 2.55. The van der Waals surface area contributed by atoms with Crippen molar-refractivity contribution >= 4 is 28.7 Å². The van der Waals surface area contributed by atoms with Crippen LogP contribution in [0.4, 0.5) is 5.69 Å². The zero-order valence-electron chi connectivity index (χ0n) is 12.3. The first-order chi connectivity index (χ1) is 11.2. The molecule has 5 nitrogen and oxygen atoms in total. The molecule has 0 bridgehead atoms. The number of carbonyl (C=O) groups is 2. The number of amides is 1. The van der Waals surface area contributed by atoms with Crippen LogP contribution in [0.5, 0.6) is 11.5 Å². The van der Waals surface area contributed by atoms with Crippen molar-refractivity contribution in [3.8, 4) is 11.5 Å². The van der Waals surface area contributed by atoms with Gasteiger partial charge >= 0.3 is 0 Å². The van der Waals surface area contributed by atoms with Crippen LogP contribution in [0.15, 0.2) is 29.6 Å². The van der Waals surface area contributed by atoms with Crippen LogP contribution in [0.3, 0.4) is 0 Å². The molecule has 1 fully saturated rings. The molecule has 0 saturated heterocycles. The molecule has 2 aliphatic rings. The van der Waals surface area contributed by atoms with Gasteiger partial charge in [-0.25, -0.2) is 0 Å². The lowest BCUT2D eigenvalue weighted by molar-refractivity contribution is 0.0967. The minimum absolute atomic E-state index is 0.0588. The highest BCUT2D eigenvalue weighted by Crippen LogP contribution is 2.40. The Labute approximate surface area is 137 Å². The number of hydrogen-bond acceptors (Lipinski definition) is 5. The van der Waals surface area contributed by atoms with Crippen LogP contribution in [-0.2, 0) is 0 Å². The average molecular weight is 329 g/mol. The van der Waals surface area contributed by atoms with Gasteiger partial charge in [-0.05, 0) is 30.4 Å². The minimum Gasteiger partial charge on any atom is -0.486 e. The molecule has 1 aromatic carbocycles. The Morgan fingerprint density at radius 3 is 2.52 bits per heavy atom. The number of Topliss-reactive ketones (excluding diaryl/α,β-unsaturated/α-hetero) is 1. The Hall–Kier alpha value is -2.34. The van der Waals surface area contributed by atoms with Crippen molar-refractivity contribution in [2.45, 2.75) is 12.8 Å². The Kier molecular flexibility index (Phi) is 3.53. The minimum atomic E-state index is -0.221. The predicted octanol–water partition coefficient (Wildman–Crippen LogP) is 3.36. The smallest absolute Gasteiger partial charge is 0.265 e. The van der Waals surface area contributed by atoms with Gasteiger partial charge in [0, 0.05) is 17.5 Å². The van der Waals surface area contributed by atoms with Crippen LogP contribution in [-0.4, -0.2) is 24.9 Å². The van der Waals surface area contributed by atoms with Gasteiger partial charge in [-0.15, -0.1) is 11.3 Å². The van der Waals surface area contributed by atoms with Crippen LogP contribution in [0.25, 0.3) is 0 Å². The van der Waals surface area contributed by atoms with E-state index in [0.29, 0.717) is 40.8 Å². The number of anilines is 1. The van der Waals surface area contributed by atoms with E-state index in [0.717, 1.165) is 12.8 Å². The summed E-state index contributed by atoms with van der Waals surface area (Å²) in [5.74, 6) is 1.03. The number of ether oxygens (including phenoxy) is 2. The summed E-state index contributed by atoms with van der Waals surface area (Å²) in [7, 11) is 0. The largest absolute Gasteiger partial charge is 0.486 e. The van der Waals surface area contributed by atoms with E-state index in [-0.39, 0.29) is 17.6 Å². The summed E-state index contributed by atoms with van der Waals surface area (Å²) in [6.07, 6.45) is 1.82. The van der Waals surface area contributed by atoms with Gasteiger partial charge in [0.1, 0.15) is 13.2 Å². The molecule has 1 N–H and O–H groups in total. The van der Waals surface area contributed by atoms with Crippen LogP contribution in [0.2, 0.25) is 0 Å². The molecule has 6 heteroatoms. The van der Waals surface area contributed by atoms with E-state index in [9.17, 15) is 9.59 Å². The normalized spacial score (nSPS) is 16.0. The second-order valence-corrected chi connectivity index (χ2v) is 6.56. The van der Waals surface area contributed by atoms with E-state index >= 15 is 0 Å². The number of thiophene rings is 1. The third-order valence-electron chi connectivity index (χ3n) is 3.89. The number of nitrogens with one attached hydrogen (secondary N) is 1. The SMILES string of the molecule is O=C(Nc1cc2c(cc1C(=O)C1CC1)OCCO2)c1cccs1. The lowest BCUT2D eigenvalue weighted by Gasteiger charge is -2.21. The number of hydrogen-bond donors (Lipinski definition) is 1. The zero-order valence-corrected chi connectivity index (χ0v) is 13.2. The van der Waals surface area contributed by atoms with E-state index in [1.807, 2.05) is 11.4 Å². The molecule has 2 aromatic rings. The maximum absolute atomic E-state index is 12.5. The molecule has 0 atom stereocenters. The van der Waals surface area contributed by atoms with Gasteiger partial charge in [0.05, 0.1) is 10.6 Å². The number of ketones is 1. The molecule has 1 aliphatic heterocycles.